The summed E-state index contributed by atoms with van der Waals surface area (Å²) in [7, 11) is 0. The van der Waals surface area contributed by atoms with E-state index >= 15 is 0 Å². The van der Waals surface area contributed by atoms with Gasteiger partial charge in [0.1, 0.15) is 6.61 Å². The SMILES string of the molecule is CC/C=C\C/C=C\C/C=C\C/C=C\C/C=C\CC(=O)OCC(COCCCCCCCC)OC(=O)CCCCCCCCCCC. The second-order valence-corrected chi connectivity index (χ2v) is 12.1. The van der Waals surface area contributed by atoms with E-state index in [4.69, 9.17) is 14.2 Å². The first-order valence-corrected chi connectivity index (χ1v) is 18.8. The van der Waals surface area contributed by atoms with Crippen molar-refractivity contribution in [1.82, 2.24) is 0 Å². The minimum atomic E-state index is -0.566. The highest BCUT2D eigenvalue weighted by molar-refractivity contribution is 5.71. The Morgan fingerprint density at radius 3 is 1.48 bits per heavy atom. The highest BCUT2D eigenvalue weighted by Gasteiger charge is 2.17. The maximum Gasteiger partial charge on any atom is 0.309 e. The lowest BCUT2D eigenvalue weighted by Gasteiger charge is -2.18. The maximum absolute atomic E-state index is 12.5. The predicted molar refractivity (Wildman–Crippen MR) is 196 cm³/mol. The van der Waals surface area contributed by atoms with Gasteiger partial charge in [-0.25, -0.2) is 0 Å². The molecule has 1 unspecified atom stereocenters. The minimum Gasteiger partial charge on any atom is -0.461 e. The minimum absolute atomic E-state index is 0.0313. The Morgan fingerprint density at radius 1 is 0.500 bits per heavy atom. The van der Waals surface area contributed by atoms with Crippen LogP contribution in [0.15, 0.2) is 60.8 Å². The zero-order valence-electron chi connectivity index (χ0n) is 30.1. The van der Waals surface area contributed by atoms with E-state index in [-0.39, 0.29) is 31.6 Å². The molecule has 0 rings (SSSR count). The Labute approximate surface area is 284 Å². The van der Waals surface area contributed by atoms with Gasteiger partial charge in [0, 0.05) is 13.0 Å². The third-order valence-electron chi connectivity index (χ3n) is 7.60. The molecule has 0 fully saturated rings. The molecule has 0 bridgehead atoms. The second-order valence-electron chi connectivity index (χ2n) is 12.1. The van der Waals surface area contributed by atoms with E-state index in [2.05, 4.69) is 69.4 Å². The summed E-state index contributed by atoms with van der Waals surface area (Å²) in [6, 6.07) is 0. The first-order chi connectivity index (χ1) is 22.6. The molecule has 5 nitrogen and oxygen atoms in total. The van der Waals surface area contributed by atoms with Crippen molar-refractivity contribution in [1.29, 1.82) is 0 Å². The van der Waals surface area contributed by atoms with Crippen LogP contribution in [0.3, 0.4) is 0 Å². The van der Waals surface area contributed by atoms with Gasteiger partial charge in [0.2, 0.25) is 0 Å². The van der Waals surface area contributed by atoms with Gasteiger partial charge in [-0.05, 0) is 44.9 Å². The van der Waals surface area contributed by atoms with E-state index in [1.54, 1.807) is 0 Å². The molecule has 0 aromatic heterocycles. The van der Waals surface area contributed by atoms with Crippen LogP contribution in [0.4, 0.5) is 0 Å². The molecule has 264 valence electrons. The molecular formula is C41H70O5. The molecule has 0 saturated carbocycles. The van der Waals surface area contributed by atoms with Crippen molar-refractivity contribution in [2.75, 3.05) is 19.8 Å². The molecule has 0 aliphatic heterocycles. The summed E-state index contributed by atoms with van der Waals surface area (Å²) in [4.78, 5) is 24.9. The second kappa shape index (κ2) is 37.1. The fourth-order valence-electron chi connectivity index (χ4n) is 4.82. The zero-order valence-corrected chi connectivity index (χ0v) is 30.1. The summed E-state index contributed by atoms with van der Waals surface area (Å²) < 4.78 is 17.0. The molecule has 0 saturated heterocycles. The average molecular weight is 643 g/mol. The number of carbonyl (C=O) groups is 2. The summed E-state index contributed by atoms with van der Waals surface area (Å²) in [5, 5.41) is 0. The number of ether oxygens (including phenoxy) is 3. The molecule has 0 aromatic rings. The van der Waals surface area contributed by atoms with Crippen molar-refractivity contribution >= 4 is 11.9 Å². The number of esters is 2. The van der Waals surface area contributed by atoms with Crippen LogP contribution in [0.5, 0.6) is 0 Å². The number of unbranched alkanes of at least 4 members (excludes halogenated alkanes) is 13. The van der Waals surface area contributed by atoms with Crippen LogP contribution in [0.1, 0.15) is 162 Å². The Balaban J connectivity index is 4.32. The van der Waals surface area contributed by atoms with E-state index < -0.39 is 6.10 Å². The monoisotopic (exact) mass is 643 g/mol. The lowest BCUT2D eigenvalue weighted by molar-refractivity contribution is -0.162. The predicted octanol–water partition coefficient (Wildman–Crippen LogP) is 11.9. The fourth-order valence-corrected chi connectivity index (χ4v) is 4.82. The number of allylic oxidation sites excluding steroid dienone is 9. The van der Waals surface area contributed by atoms with Crippen LogP contribution in [0, 0.1) is 0 Å². The number of hydrogen-bond acceptors (Lipinski definition) is 5. The first-order valence-electron chi connectivity index (χ1n) is 18.8. The van der Waals surface area contributed by atoms with Crippen molar-refractivity contribution in [3.8, 4) is 0 Å². The standard InChI is InChI=1S/C41H70O5/c1-4-7-10-13-16-18-19-20-21-22-23-25-26-28-31-34-40(42)45-38-39(37-44-36-33-30-15-12-9-6-3)46-41(43)35-32-29-27-24-17-14-11-8-5-2/h7,10,16,18,20-21,23,25,28,31,39H,4-6,8-9,11-15,17,19,22,24,26-27,29-30,32-38H2,1-3H3/b10-7-,18-16-,21-20-,25-23-,31-28-. The van der Waals surface area contributed by atoms with Gasteiger partial charge in [-0.15, -0.1) is 0 Å². The van der Waals surface area contributed by atoms with Gasteiger partial charge in [0.05, 0.1) is 13.0 Å². The number of carbonyl (C=O) groups excluding carboxylic acids is 2. The molecule has 0 aliphatic rings. The number of rotatable bonds is 33. The Kier molecular flexibility index (Phi) is 35.1. The van der Waals surface area contributed by atoms with Gasteiger partial charge in [-0.2, -0.15) is 0 Å². The maximum atomic E-state index is 12.5. The van der Waals surface area contributed by atoms with Crippen LogP contribution in [-0.2, 0) is 23.8 Å². The molecule has 0 spiro atoms. The lowest BCUT2D eigenvalue weighted by atomic mass is 10.1. The van der Waals surface area contributed by atoms with Crippen LogP contribution in [0.25, 0.3) is 0 Å². The van der Waals surface area contributed by atoms with Crippen molar-refractivity contribution < 1.29 is 23.8 Å². The normalized spacial score (nSPS) is 12.8. The van der Waals surface area contributed by atoms with Crippen molar-refractivity contribution in [3.63, 3.8) is 0 Å². The first kappa shape index (κ1) is 43.6. The molecule has 0 N–H and O–H groups in total. The average Bonchev–Trinajstić information content (AvgIpc) is 3.05. The van der Waals surface area contributed by atoms with Crippen molar-refractivity contribution in [3.05, 3.63) is 60.8 Å². The van der Waals surface area contributed by atoms with E-state index in [0.29, 0.717) is 13.0 Å². The smallest absolute Gasteiger partial charge is 0.309 e. The summed E-state index contributed by atoms with van der Waals surface area (Å²) in [6.07, 6.45) is 43.9. The molecule has 0 amide bonds. The lowest BCUT2D eigenvalue weighted by Crippen LogP contribution is -2.30. The topological polar surface area (TPSA) is 61.8 Å². The van der Waals surface area contributed by atoms with Crippen LogP contribution in [0.2, 0.25) is 0 Å². The Bertz CT molecular complexity index is 823. The molecule has 0 aliphatic carbocycles. The number of hydrogen-bond donors (Lipinski definition) is 0. The molecule has 0 heterocycles. The Hall–Kier alpha value is -2.40. The van der Waals surface area contributed by atoms with Gasteiger partial charge in [-0.1, -0.05) is 165 Å². The van der Waals surface area contributed by atoms with Gasteiger partial charge < -0.3 is 14.2 Å². The summed E-state index contributed by atoms with van der Waals surface area (Å²) in [6.45, 7) is 7.52. The van der Waals surface area contributed by atoms with Crippen molar-refractivity contribution in [2.45, 2.75) is 168 Å². The summed E-state index contributed by atoms with van der Waals surface area (Å²) in [5.74, 6) is -0.553. The van der Waals surface area contributed by atoms with E-state index in [1.807, 2.05) is 12.2 Å². The third-order valence-corrected chi connectivity index (χ3v) is 7.60. The van der Waals surface area contributed by atoms with Crippen molar-refractivity contribution in [2.24, 2.45) is 0 Å². The molecular weight excluding hydrogens is 572 g/mol. The molecule has 1 atom stereocenters. The van der Waals surface area contributed by atoms with E-state index in [9.17, 15) is 9.59 Å². The quantitative estimate of drug-likeness (QED) is 0.0405. The van der Waals surface area contributed by atoms with Crippen LogP contribution < -0.4 is 0 Å². The van der Waals surface area contributed by atoms with E-state index in [0.717, 1.165) is 64.2 Å². The highest BCUT2D eigenvalue weighted by atomic mass is 16.6. The van der Waals surface area contributed by atoms with E-state index in [1.165, 1.54) is 64.2 Å². The zero-order chi connectivity index (χ0) is 33.6. The molecule has 0 aromatic carbocycles. The fraction of sp³-hybridized carbons (Fsp3) is 0.707. The summed E-state index contributed by atoms with van der Waals surface area (Å²) >= 11 is 0. The van der Waals surface area contributed by atoms with Gasteiger partial charge >= 0.3 is 11.9 Å². The van der Waals surface area contributed by atoms with Gasteiger partial charge in [-0.3, -0.25) is 9.59 Å². The van der Waals surface area contributed by atoms with Gasteiger partial charge in [0.15, 0.2) is 6.10 Å². The molecule has 5 heteroatoms. The highest BCUT2D eigenvalue weighted by Crippen LogP contribution is 2.12. The summed E-state index contributed by atoms with van der Waals surface area (Å²) in [5.41, 5.74) is 0. The van der Waals surface area contributed by atoms with Crippen LogP contribution >= 0.6 is 0 Å². The largest absolute Gasteiger partial charge is 0.461 e. The third kappa shape index (κ3) is 34.5. The molecule has 0 radical (unpaired) electrons. The van der Waals surface area contributed by atoms with Gasteiger partial charge in [0.25, 0.3) is 0 Å². The Morgan fingerprint density at radius 2 is 0.957 bits per heavy atom. The molecule has 46 heavy (non-hydrogen) atoms. The van der Waals surface area contributed by atoms with Crippen LogP contribution in [-0.4, -0.2) is 37.9 Å².